The lowest BCUT2D eigenvalue weighted by Gasteiger charge is -2.34. The molecule has 28 heavy (non-hydrogen) atoms. The van der Waals surface area contributed by atoms with E-state index in [0.29, 0.717) is 33.8 Å². The van der Waals surface area contributed by atoms with E-state index in [0.717, 1.165) is 12.0 Å². The molecular weight excluding hydrogens is 352 g/mol. The highest BCUT2D eigenvalue weighted by atomic mass is 16.5. The molecule has 2 aromatic carbocycles. The fourth-order valence-corrected chi connectivity index (χ4v) is 4.60. The number of para-hydroxylation sites is 1. The van der Waals surface area contributed by atoms with E-state index in [1.807, 2.05) is 18.2 Å². The van der Waals surface area contributed by atoms with E-state index in [2.05, 4.69) is 34.6 Å². The zero-order valence-electron chi connectivity index (χ0n) is 16.9. The molecule has 2 aromatic rings. The number of hydrogen-bond acceptors (Lipinski definition) is 4. The van der Waals surface area contributed by atoms with Gasteiger partial charge < -0.3 is 9.47 Å². The summed E-state index contributed by atoms with van der Waals surface area (Å²) in [6, 6.07) is 12.9. The number of fused-ring (bicyclic) bond motifs is 2. The smallest absolute Gasteiger partial charge is 0.345 e. The van der Waals surface area contributed by atoms with Crippen molar-refractivity contribution in [2.24, 2.45) is 5.41 Å². The molecule has 0 fully saturated rings. The molecule has 0 spiro atoms. The van der Waals surface area contributed by atoms with Crippen molar-refractivity contribution in [3.63, 3.8) is 0 Å². The molecule has 0 bridgehead atoms. The van der Waals surface area contributed by atoms with E-state index in [4.69, 9.17) is 9.47 Å². The Morgan fingerprint density at radius 1 is 0.750 bits per heavy atom. The highest BCUT2D eigenvalue weighted by Gasteiger charge is 2.42. The number of rotatable bonds is 2. The van der Waals surface area contributed by atoms with Crippen molar-refractivity contribution in [1.82, 2.24) is 0 Å². The lowest BCUT2D eigenvalue weighted by atomic mass is 9.70. The van der Waals surface area contributed by atoms with Crippen LogP contribution in [0.25, 0.3) is 11.1 Å². The van der Waals surface area contributed by atoms with Crippen LogP contribution < -0.4 is 9.47 Å². The van der Waals surface area contributed by atoms with Gasteiger partial charge in [0.1, 0.15) is 11.5 Å². The first-order valence-corrected chi connectivity index (χ1v) is 9.50. The molecule has 0 radical (unpaired) electrons. The van der Waals surface area contributed by atoms with E-state index in [9.17, 15) is 9.59 Å². The monoisotopic (exact) mass is 376 g/mol. The molecule has 0 N–H and O–H groups in total. The lowest BCUT2D eigenvalue weighted by Crippen LogP contribution is -2.26. The summed E-state index contributed by atoms with van der Waals surface area (Å²) < 4.78 is 11.0. The van der Waals surface area contributed by atoms with E-state index >= 15 is 0 Å². The maximum Gasteiger partial charge on any atom is 0.345 e. The number of carbonyl (C=O) groups excluding carboxylic acids is 2. The highest BCUT2D eigenvalue weighted by molar-refractivity contribution is 6.41. The SMILES string of the molecule is CC(C)(C)CC(C)(C)c1cccc2c1C(=C1C(=O)Oc3ccccc31)C(=O)O2. The molecule has 2 aliphatic rings. The van der Waals surface area contributed by atoms with Gasteiger partial charge in [-0.3, -0.25) is 0 Å². The largest absolute Gasteiger partial charge is 0.422 e. The summed E-state index contributed by atoms with van der Waals surface area (Å²) in [4.78, 5) is 25.5. The molecule has 0 aliphatic carbocycles. The third kappa shape index (κ3) is 2.93. The van der Waals surface area contributed by atoms with Crippen molar-refractivity contribution in [2.75, 3.05) is 0 Å². The van der Waals surface area contributed by atoms with E-state index in [1.54, 1.807) is 24.3 Å². The summed E-state index contributed by atoms with van der Waals surface area (Å²) in [5, 5.41) is 0. The van der Waals surface area contributed by atoms with Gasteiger partial charge in [0.15, 0.2) is 0 Å². The van der Waals surface area contributed by atoms with Crippen LogP contribution in [0.3, 0.4) is 0 Å². The van der Waals surface area contributed by atoms with Crippen LogP contribution in [-0.4, -0.2) is 11.9 Å². The van der Waals surface area contributed by atoms with Crippen LogP contribution in [0.4, 0.5) is 0 Å². The number of esters is 2. The van der Waals surface area contributed by atoms with Crippen molar-refractivity contribution >= 4 is 23.1 Å². The molecule has 2 aliphatic heterocycles. The number of carbonyl (C=O) groups is 2. The summed E-state index contributed by atoms with van der Waals surface area (Å²) in [7, 11) is 0. The first-order chi connectivity index (χ1) is 13.1. The van der Waals surface area contributed by atoms with Crippen LogP contribution in [0, 0.1) is 5.41 Å². The van der Waals surface area contributed by atoms with Gasteiger partial charge in [-0.05, 0) is 34.9 Å². The van der Waals surface area contributed by atoms with Crippen LogP contribution in [0.5, 0.6) is 11.5 Å². The molecule has 4 rings (SSSR count). The van der Waals surface area contributed by atoms with Gasteiger partial charge in [-0.1, -0.05) is 65.0 Å². The van der Waals surface area contributed by atoms with Gasteiger partial charge in [0, 0.05) is 11.1 Å². The summed E-state index contributed by atoms with van der Waals surface area (Å²) >= 11 is 0. The van der Waals surface area contributed by atoms with Gasteiger partial charge in [-0.15, -0.1) is 0 Å². The van der Waals surface area contributed by atoms with Crippen LogP contribution in [0.2, 0.25) is 0 Å². The Kier molecular flexibility index (Phi) is 4.00. The Morgan fingerprint density at radius 2 is 1.36 bits per heavy atom. The van der Waals surface area contributed by atoms with Crippen molar-refractivity contribution in [2.45, 2.75) is 46.5 Å². The predicted molar refractivity (Wildman–Crippen MR) is 108 cm³/mol. The van der Waals surface area contributed by atoms with Crippen LogP contribution >= 0.6 is 0 Å². The third-order valence-corrected chi connectivity index (χ3v) is 5.20. The number of ether oxygens (including phenoxy) is 2. The quantitative estimate of drug-likeness (QED) is 0.413. The number of benzene rings is 2. The first-order valence-electron chi connectivity index (χ1n) is 9.50. The Labute approximate surface area is 165 Å². The molecule has 0 aromatic heterocycles. The van der Waals surface area contributed by atoms with Crippen molar-refractivity contribution in [3.05, 3.63) is 59.2 Å². The van der Waals surface area contributed by atoms with Gasteiger partial charge in [-0.25, -0.2) is 9.59 Å². The number of hydrogen-bond donors (Lipinski definition) is 0. The molecule has 0 amide bonds. The zero-order chi connectivity index (χ0) is 20.3. The van der Waals surface area contributed by atoms with Crippen molar-refractivity contribution in [3.8, 4) is 11.5 Å². The highest BCUT2D eigenvalue weighted by Crippen LogP contribution is 2.49. The van der Waals surface area contributed by atoms with E-state index in [-0.39, 0.29) is 10.8 Å². The summed E-state index contributed by atoms with van der Waals surface area (Å²) in [6.07, 6.45) is 0.911. The molecule has 0 unspecified atom stereocenters. The molecule has 0 saturated carbocycles. The minimum atomic E-state index is -0.510. The predicted octanol–water partition coefficient (Wildman–Crippen LogP) is 5.15. The molecular formula is C24H24O4. The van der Waals surface area contributed by atoms with Crippen molar-refractivity contribution < 1.29 is 19.1 Å². The van der Waals surface area contributed by atoms with Gasteiger partial charge in [0.2, 0.25) is 0 Å². The molecule has 4 heteroatoms. The zero-order valence-corrected chi connectivity index (χ0v) is 16.9. The fourth-order valence-electron chi connectivity index (χ4n) is 4.60. The second kappa shape index (κ2) is 6.06. The Balaban J connectivity index is 1.98. The van der Waals surface area contributed by atoms with Gasteiger partial charge >= 0.3 is 11.9 Å². The fraction of sp³-hybridized carbons (Fsp3) is 0.333. The minimum absolute atomic E-state index is 0.0991. The molecule has 0 saturated heterocycles. The normalized spacial score (nSPS) is 18.6. The summed E-state index contributed by atoms with van der Waals surface area (Å²) in [5.41, 5.74) is 2.83. The Hall–Kier alpha value is -2.88. The second-order valence-corrected chi connectivity index (χ2v) is 9.33. The lowest BCUT2D eigenvalue weighted by molar-refractivity contribution is -0.128. The Morgan fingerprint density at radius 3 is 2.07 bits per heavy atom. The Bertz CT molecular complexity index is 1030. The van der Waals surface area contributed by atoms with Crippen molar-refractivity contribution in [1.29, 1.82) is 0 Å². The minimum Gasteiger partial charge on any atom is -0.422 e. The second-order valence-electron chi connectivity index (χ2n) is 9.33. The molecule has 0 atom stereocenters. The van der Waals surface area contributed by atoms with Gasteiger partial charge in [0.25, 0.3) is 0 Å². The maximum absolute atomic E-state index is 12.9. The molecule has 144 valence electrons. The molecule has 4 nitrogen and oxygen atoms in total. The summed E-state index contributed by atoms with van der Waals surface area (Å²) in [5.74, 6) is -0.0334. The third-order valence-electron chi connectivity index (χ3n) is 5.20. The summed E-state index contributed by atoms with van der Waals surface area (Å²) in [6.45, 7) is 10.9. The van der Waals surface area contributed by atoms with E-state index < -0.39 is 11.9 Å². The van der Waals surface area contributed by atoms with Crippen LogP contribution in [0.15, 0.2) is 42.5 Å². The first kappa shape index (κ1) is 18.5. The van der Waals surface area contributed by atoms with Crippen LogP contribution in [0.1, 0.15) is 57.7 Å². The molecule has 2 heterocycles. The standard InChI is InChI=1S/C24H24O4/c1-23(2,3)13-24(4,5)15-10-8-12-17-19(15)20(22(26)28-17)18-14-9-6-7-11-16(14)27-21(18)25/h6-12H,13H2,1-5H3. The topological polar surface area (TPSA) is 52.6 Å². The van der Waals surface area contributed by atoms with Gasteiger partial charge in [0.05, 0.1) is 11.1 Å². The average Bonchev–Trinajstić information content (AvgIpc) is 3.07. The average molecular weight is 376 g/mol. The maximum atomic E-state index is 12.9. The van der Waals surface area contributed by atoms with Gasteiger partial charge in [-0.2, -0.15) is 0 Å². The van der Waals surface area contributed by atoms with E-state index in [1.165, 1.54) is 0 Å². The van der Waals surface area contributed by atoms with Crippen LogP contribution in [-0.2, 0) is 15.0 Å².